The second-order valence-electron chi connectivity index (χ2n) is 4.44. The van der Waals surface area contributed by atoms with Crippen LogP contribution < -0.4 is 10.1 Å². The molecule has 0 aliphatic carbocycles. The van der Waals surface area contributed by atoms with Crippen molar-refractivity contribution in [3.05, 3.63) is 23.3 Å². The molecule has 1 rings (SSSR count). The van der Waals surface area contributed by atoms with Gasteiger partial charge in [-0.1, -0.05) is 6.07 Å². The van der Waals surface area contributed by atoms with E-state index in [1.54, 1.807) is 7.11 Å². The summed E-state index contributed by atoms with van der Waals surface area (Å²) in [4.78, 5) is 10.4. The lowest BCUT2D eigenvalue weighted by Gasteiger charge is -2.14. The summed E-state index contributed by atoms with van der Waals surface area (Å²) in [6.45, 7) is 4.82. The van der Waals surface area contributed by atoms with Crippen LogP contribution in [0.4, 0.5) is 5.69 Å². The van der Waals surface area contributed by atoms with Crippen molar-refractivity contribution in [3.8, 4) is 5.75 Å². The van der Waals surface area contributed by atoms with E-state index in [0.29, 0.717) is 6.42 Å². The molecule has 0 radical (unpaired) electrons. The third-order valence-electron chi connectivity index (χ3n) is 2.76. The number of carboxylic acids is 1. The molecule has 0 unspecified atom stereocenters. The fourth-order valence-corrected chi connectivity index (χ4v) is 1.98. The van der Waals surface area contributed by atoms with Gasteiger partial charge in [0, 0.05) is 13.0 Å². The SMILES string of the molecule is COc1c(C)cc(C)cc1NCCCCC(=O)O. The predicted octanol–water partition coefficient (Wildman–Crippen LogP) is 2.98. The normalized spacial score (nSPS) is 10.2. The van der Waals surface area contributed by atoms with Gasteiger partial charge in [-0.25, -0.2) is 0 Å². The number of carboxylic acid groups (broad SMARTS) is 1. The maximum absolute atomic E-state index is 10.4. The van der Waals surface area contributed by atoms with Gasteiger partial charge in [0.1, 0.15) is 5.75 Å². The summed E-state index contributed by atoms with van der Waals surface area (Å²) in [6, 6.07) is 4.12. The number of aryl methyl sites for hydroxylation is 2. The molecule has 0 fully saturated rings. The number of ether oxygens (including phenoxy) is 1. The lowest BCUT2D eigenvalue weighted by atomic mass is 10.1. The van der Waals surface area contributed by atoms with Crippen molar-refractivity contribution in [1.82, 2.24) is 0 Å². The van der Waals surface area contributed by atoms with Crippen molar-refractivity contribution in [2.75, 3.05) is 19.0 Å². The summed E-state index contributed by atoms with van der Waals surface area (Å²) in [6.07, 6.45) is 1.75. The van der Waals surface area contributed by atoms with Crippen LogP contribution in [0.5, 0.6) is 5.75 Å². The van der Waals surface area contributed by atoms with E-state index in [0.717, 1.165) is 30.0 Å². The van der Waals surface area contributed by atoms with Gasteiger partial charge < -0.3 is 15.2 Å². The van der Waals surface area contributed by atoms with Crippen molar-refractivity contribution in [2.45, 2.75) is 33.1 Å². The maximum Gasteiger partial charge on any atom is 0.303 e. The number of hydrogen-bond acceptors (Lipinski definition) is 3. The van der Waals surface area contributed by atoms with Crippen LogP contribution in [0.25, 0.3) is 0 Å². The average Bonchev–Trinajstić information content (AvgIpc) is 2.27. The topological polar surface area (TPSA) is 58.6 Å². The molecule has 1 aromatic carbocycles. The summed E-state index contributed by atoms with van der Waals surface area (Å²) in [5.74, 6) is 0.123. The van der Waals surface area contributed by atoms with Gasteiger partial charge in [-0.05, 0) is 43.9 Å². The molecular formula is C14H21NO3. The molecule has 18 heavy (non-hydrogen) atoms. The number of carbonyl (C=O) groups is 1. The van der Waals surface area contributed by atoms with Crippen LogP contribution in [-0.2, 0) is 4.79 Å². The summed E-state index contributed by atoms with van der Waals surface area (Å²) >= 11 is 0. The molecule has 1 aromatic rings. The molecule has 0 heterocycles. The number of unbranched alkanes of at least 4 members (excludes halogenated alkanes) is 1. The van der Waals surface area contributed by atoms with Crippen molar-refractivity contribution in [1.29, 1.82) is 0 Å². The standard InChI is InChI=1S/C14H21NO3/c1-10-8-11(2)14(18-3)12(9-10)15-7-5-4-6-13(16)17/h8-9,15H,4-7H2,1-3H3,(H,16,17). The molecule has 0 atom stereocenters. The first-order valence-electron chi connectivity index (χ1n) is 6.15. The molecule has 0 aliphatic rings. The Balaban J connectivity index is 2.53. The monoisotopic (exact) mass is 251 g/mol. The third kappa shape index (κ3) is 4.28. The molecule has 0 saturated carbocycles. The fraction of sp³-hybridized carbons (Fsp3) is 0.500. The van der Waals surface area contributed by atoms with E-state index in [2.05, 4.69) is 11.4 Å². The molecule has 4 heteroatoms. The first-order chi connectivity index (χ1) is 8.54. The van der Waals surface area contributed by atoms with Crippen molar-refractivity contribution in [2.24, 2.45) is 0 Å². The van der Waals surface area contributed by atoms with Gasteiger partial charge in [0.15, 0.2) is 0 Å². The highest BCUT2D eigenvalue weighted by molar-refractivity contribution is 5.66. The first-order valence-corrected chi connectivity index (χ1v) is 6.15. The van der Waals surface area contributed by atoms with E-state index in [1.165, 1.54) is 5.56 Å². The number of hydrogen-bond donors (Lipinski definition) is 2. The van der Waals surface area contributed by atoms with Gasteiger partial charge in [0.05, 0.1) is 12.8 Å². The zero-order chi connectivity index (χ0) is 13.5. The van der Waals surface area contributed by atoms with Crippen LogP contribution in [0.2, 0.25) is 0 Å². The molecule has 4 nitrogen and oxygen atoms in total. The van der Waals surface area contributed by atoms with Crippen LogP contribution >= 0.6 is 0 Å². The molecule has 0 spiro atoms. The number of benzene rings is 1. The van der Waals surface area contributed by atoms with Gasteiger partial charge in [0.25, 0.3) is 0 Å². The van der Waals surface area contributed by atoms with Gasteiger partial charge in [-0.2, -0.15) is 0 Å². The van der Waals surface area contributed by atoms with Gasteiger partial charge in [-0.3, -0.25) is 4.79 Å². The Morgan fingerprint density at radius 2 is 2.06 bits per heavy atom. The highest BCUT2D eigenvalue weighted by atomic mass is 16.5. The smallest absolute Gasteiger partial charge is 0.303 e. The Kier molecular flexibility index (Phi) is 5.49. The molecule has 2 N–H and O–H groups in total. The van der Waals surface area contributed by atoms with Crippen molar-refractivity contribution in [3.63, 3.8) is 0 Å². The Bertz CT molecular complexity index is 416. The predicted molar refractivity (Wildman–Crippen MR) is 72.4 cm³/mol. The molecule has 0 saturated heterocycles. The fourth-order valence-electron chi connectivity index (χ4n) is 1.98. The molecule has 0 aliphatic heterocycles. The minimum Gasteiger partial charge on any atom is -0.494 e. The molecule has 0 amide bonds. The molecular weight excluding hydrogens is 230 g/mol. The average molecular weight is 251 g/mol. The maximum atomic E-state index is 10.4. The minimum atomic E-state index is -0.737. The lowest BCUT2D eigenvalue weighted by molar-refractivity contribution is -0.137. The summed E-state index contributed by atoms with van der Waals surface area (Å²) in [5.41, 5.74) is 3.26. The summed E-state index contributed by atoms with van der Waals surface area (Å²) < 4.78 is 5.37. The Labute approximate surface area is 108 Å². The van der Waals surface area contributed by atoms with Crippen LogP contribution in [0.15, 0.2) is 12.1 Å². The number of aliphatic carboxylic acids is 1. The van der Waals surface area contributed by atoms with Gasteiger partial charge >= 0.3 is 5.97 Å². The molecule has 100 valence electrons. The molecule has 0 aromatic heterocycles. The first kappa shape index (κ1) is 14.4. The zero-order valence-corrected chi connectivity index (χ0v) is 11.2. The highest BCUT2D eigenvalue weighted by Crippen LogP contribution is 2.29. The van der Waals surface area contributed by atoms with Crippen LogP contribution in [0, 0.1) is 13.8 Å². The second-order valence-corrected chi connectivity index (χ2v) is 4.44. The van der Waals surface area contributed by atoms with Gasteiger partial charge in [0.2, 0.25) is 0 Å². The van der Waals surface area contributed by atoms with Crippen LogP contribution in [0.3, 0.4) is 0 Å². The number of anilines is 1. The van der Waals surface area contributed by atoms with E-state index < -0.39 is 5.97 Å². The Morgan fingerprint density at radius 3 is 2.67 bits per heavy atom. The highest BCUT2D eigenvalue weighted by Gasteiger charge is 2.06. The van der Waals surface area contributed by atoms with E-state index >= 15 is 0 Å². The largest absolute Gasteiger partial charge is 0.494 e. The Hall–Kier alpha value is -1.71. The summed E-state index contributed by atoms with van der Waals surface area (Å²) in [5, 5.41) is 11.8. The second kappa shape index (κ2) is 6.89. The van der Waals surface area contributed by atoms with E-state index in [1.807, 2.05) is 19.9 Å². The van der Waals surface area contributed by atoms with E-state index in [-0.39, 0.29) is 6.42 Å². The number of rotatable bonds is 7. The van der Waals surface area contributed by atoms with Crippen LogP contribution in [0.1, 0.15) is 30.4 Å². The van der Waals surface area contributed by atoms with Crippen molar-refractivity contribution >= 4 is 11.7 Å². The van der Waals surface area contributed by atoms with Crippen molar-refractivity contribution < 1.29 is 14.6 Å². The molecule has 0 bridgehead atoms. The summed E-state index contributed by atoms with van der Waals surface area (Å²) in [7, 11) is 1.66. The van der Waals surface area contributed by atoms with E-state index in [9.17, 15) is 4.79 Å². The lowest BCUT2D eigenvalue weighted by Crippen LogP contribution is -2.05. The van der Waals surface area contributed by atoms with Gasteiger partial charge in [-0.15, -0.1) is 0 Å². The third-order valence-corrected chi connectivity index (χ3v) is 2.76. The quantitative estimate of drug-likeness (QED) is 0.731. The van der Waals surface area contributed by atoms with Crippen LogP contribution in [-0.4, -0.2) is 24.7 Å². The Morgan fingerprint density at radius 1 is 1.33 bits per heavy atom. The number of nitrogens with one attached hydrogen (secondary N) is 1. The van der Waals surface area contributed by atoms with E-state index in [4.69, 9.17) is 9.84 Å². The minimum absolute atomic E-state index is 0.228. The zero-order valence-electron chi connectivity index (χ0n) is 11.2. The number of methoxy groups -OCH3 is 1.